The Morgan fingerprint density at radius 2 is 1.80 bits per heavy atom. The molecular weight excluding hydrogens is 400 g/mol. The molecule has 0 aromatic carbocycles. The molecule has 1 amide bonds. The SMILES string of the molecule is O=C(Nc1nnc(C23CC4CC(CC(C4)C2)C3)s1)c1cncc(Br)c1. The molecule has 0 atom stereocenters. The smallest absolute Gasteiger partial charge is 0.259 e. The zero-order chi connectivity index (χ0) is 17.0. The van der Waals surface area contributed by atoms with Crippen LogP contribution in [0.25, 0.3) is 0 Å². The van der Waals surface area contributed by atoms with E-state index in [-0.39, 0.29) is 11.3 Å². The fourth-order valence-corrected chi connectivity index (χ4v) is 6.89. The minimum absolute atomic E-state index is 0.193. The molecule has 2 heterocycles. The molecule has 4 aliphatic carbocycles. The van der Waals surface area contributed by atoms with Gasteiger partial charge in [0, 0.05) is 22.3 Å². The molecule has 130 valence electrons. The number of carbonyl (C=O) groups is 1. The Bertz CT molecular complexity index is 801. The molecule has 4 saturated carbocycles. The van der Waals surface area contributed by atoms with E-state index in [1.54, 1.807) is 29.8 Å². The van der Waals surface area contributed by atoms with Crippen LogP contribution < -0.4 is 5.32 Å². The number of hydrogen-bond acceptors (Lipinski definition) is 5. The summed E-state index contributed by atoms with van der Waals surface area (Å²) in [4.78, 5) is 16.4. The summed E-state index contributed by atoms with van der Waals surface area (Å²) in [5, 5.41) is 13.4. The van der Waals surface area contributed by atoms with Crippen LogP contribution in [-0.2, 0) is 5.41 Å². The van der Waals surface area contributed by atoms with Crippen LogP contribution in [0.1, 0.15) is 53.9 Å². The first-order chi connectivity index (χ1) is 12.1. The van der Waals surface area contributed by atoms with E-state index >= 15 is 0 Å². The van der Waals surface area contributed by atoms with E-state index in [4.69, 9.17) is 0 Å². The third-order valence-corrected chi connectivity index (χ3v) is 7.62. The maximum atomic E-state index is 12.4. The molecule has 0 radical (unpaired) electrons. The van der Waals surface area contributed by atoms with Gasteiger partial charge in [-0.25, -0.2) is 0 Å². The highest BCUT2D eigenvalue weighted by molar-refractivity contribution is 9.10. The Morgan fingerprint density at radius 1 is 1.12 bits per heavy atom. The topological polar surface area (TPSA) is 67.8 Å². The molecule has 2 aromatic rings. The molecule has 1 N–H and O–H groups in total. The van der Waals surface area contributed by atoms with Gasteiger partial charge in [-0.05, 0) is 78.3 Å². The van der Waals surface area contributed by atoms with Crippen molar-refractivity contribution in [3.05, 3.63) is 33.5 Å². The lowest BCUT2D eigenvalue weighted by molar-refractivity contribution is -0.00555. The van der Waals surface area contributed by atoms with E-state index in [2.05, 4.69) is 36.4 Å². The number of halogens is 1. The summed E-state index contributed by atoms with van der Waals surface area (Å²) in [7, 11) is 0. The van der Waals surface area contributed by atoms with E-state index in [1.165, 1.54) is 38.5 Å². The number of amides is 1. The fourth-order valence-electron chi connectivity index (χ4n) is 5.57. The highest BCUT2D eigenvalue weighted by atomic mass is 79.9. The summed E-state index contributed by atoms with van der Waals surface area (Å²) in [6.07, 6.45) is 11.2. The van der Waals surface area contributed by atoms with Gasteiger partial charge in [0.05, 0.1) is 5.56 Å². The number of nitrogens with one attached hydrogen (secondary N) is 1. The third-order valence-electron chi connectivity index (χ3n) is 6.10. The van der Waals surface area contributed by atoms with Gasteiger partial charge in [-0.3, -0.25) is 15.1 Å². The van der Waals surface area contributed by atoms with E-state index in [9.17, 15) is 4.79 Å². The van der Waals surface area contributed by atoms with Crippen molar-refractivity contribution in [2.75, 3.05) is 5.32 Å². The molecule has 6 rings (SSSR count). The standard InChI is InChI=1S/C18H19BrN4OS/c19-14-4-13(8-20-9-14)15(24)21-17-23-22-16(25-17)18-5-10-1-11(6-18)3-12(2-10)7-18/h4,8-12H,1-3,5-7H2,(H,21,23,24). The van der Waals surface area contributed by atoms with Crippen LogP contribution in [-0.4, -0.2) is 21.1 Å². The second-order valence-corrected chi connectivity index (χ2v) is 9.85. The molecular formula is C18H19BrN4OS. The molecule has 0 unspecified atom stereocenters. The van der Waals surface area contributed by atoms with Crippen LogP contribution in [0.4, 0.5) is 5.13 Å². The number of anilines is 1. The van der Waals surface area contributed by atoms with Crippen molar-refractivity contribution in [1.82, 2.24) is 15.2 Å². The summed E-state index contributed by atoms with van der Waals surface area (Å²) in [5.41, 5.74) is 0.744. The predicted molar refractivity (Wildman–Crippen MR) is 99.6 cm³/mol. The van der Waals surface area contributed by atoms with Crippen molar-refractivity contribution in [2.24, 2.45) is 17.8 Å². The van der Waals surface area contributed by atoms with Crippen LogP contribution in [0.5, 0.6) is 0 Å². The van der Waals surface area contributed by atoms with Gasteiger partial charge in [-0.1, -0.05) is 11.3 Å². The van der Waals surface area contributed by atoms with E-state index in [1.807, 2.05) is 0 Å². The fraction of sp³-hybridized carbons (Fsp3) is 0.556. The van der Waals surface area contributed by atoms with Crippen LogP contribution in [0.3, 0.4) is 0 Å². The first kappa shape index (κ1) is 15.9. The molecule has 7 heteroatoms. The van der Waals surface area contributed by atoms with E-state index in [0.29, 0.717) is 10.7 Å². The first-order valence-electron chi connectivity index (χ1n) is 8.85. The average Bonchev–Trinajstić information content (AvgIpc) is 3.03. The molecule has 4 bridgehead atoms. The zero-order valence-electron chi connectivity index (χ0n) is 13.7. The molecule has 0 saturated heterocycles. The Balaban J connectivity index is 1.36. The summed E-state index contributed by atoms with van der Waals surface area (Å²) in [6, 6.07) is 1.75. The molecule has 25 heavy (non-hydrogen) atoms. The Morgan fingerprint density at radius 3 is 2.44 bits per heavy atom. The monoisotopic (exact) mass is 418 g/mol. The third kappa shape index (κ3) is 2.81. The number of rotatable bonds is 3. The Labute approximate surface area is 158 Å². The minimum atomic E-state index is -0.193. The molecule has 4 fully saturated rings. The lowest BCUT2D eigenvalue weighted by Crippen LogP contribution is -2.48. The number of hydrogen-bond donors (Lipinski definition) is 1. The number of nitrogens with zero attached hydrogens (tertiary/aromatic N) is 3. The van der Waals surface area contributed by atoms with Crippen molar-refractivity contribution in [2.45, 2.75) is 43.9 Å². The van der Waals surface area contributed by atoms with Crippen LogP contribution in [0.15, 0.2) is 22.9 Å². The number of carbonyl (C=O) groups excluding carboxylic acids is 1. The lowest BCUT2D eigenvalue weighted by atomic mass is 9.50. The number of aromatic nitrogens is 3. The van der Waals surface area contributed by atoms with Gasteiger partial charge in [0.15, 0.2) is 0 Å². The van der Waals surface area contributed by atoms with Crippen LogP contribution in [0.2, 0.25) is 0 Å². The zero-order valence-corrected chi connectivity index (χ0v) is 16.1. The van der Waals surface area contributed by atoms with Gasteiger partial charge in [-0.2, -0.15) is 0 Å². The largest absolute Gasteiger partial charge is 0.296 e. The van der Waals surface area contributed by atoms with Crippen LogP contribution >= 0.6 is 27.3 Å². The molecule has 4 aliphatic rings. The molecule has 0 spiro atoms. The minimum Gasteiger partial charge on any atom is -0.296 e. The maximum Gasteiger partial charge on any atom is 0.259 e. The summed E-state index contributed by atoms with van der Waals surface area (Å²) in [5.74, 6) is 2.44. The van der Waals surface area contributed by atoms with Crippen molar-refractivity contribution >= 4 is 38.3 Å². The van der Waals surface area contributed by atoms with E-state index < -0.39 is 0 Å². The molecule has 5 nitrogen and oxygen atoms in total. The Hall–Kier alpha value is -1.34. The van der Waals surface area contributed by atoms with Gasteiger partial charge >= 0.3 is 0 Å². The highest BCUT2D eigenvalue weighted by Gasteiger charge is 2.53. The molecule has 0 aliphatic heterocycles. The molecule has 2 aromatic heterocycles. The first-order valence-corrected chi connectivity index (χ1v) is 10.5. The van der Waals surface area contributed by atoms with E-state index in [0.717, 1.165) is 27.2 Å². The Kier molecular flexibility index (Phi) is 3.71. The summed E-state index contributed by atoms with van der Waals surface area (Å²) in [6.45, 7) is 0. The average molecular weight is 419 g/mol. The quantitative estimate of drug-likeness (QED) is 0.800. The van der Waals surface area contributed by atoms with Gasteiger partial charge in [-0.15, -0.1) is 10.2 Å². The predicted octanol–water partition coefficient (Wildman–Crippen LogP) is 4.42. The van der Waals surface area contributed by atoms with Gasteiger partial charge in [0.2, 0.25) is 5.13 Å². The highest BCUT2D eigenvalue weighted by Crippen LogP contribution is 2.61. The second kappa shape index (κ2) is 5.84. The lowest BCUT2D eigenvalue weighted by Gasteiger charge is -2.55. The second-order valence-electron chi connectivity index (χ2n) is 7.96. The van der Waals surface area contributed by atoms with Crippen molar-refractivity contribution < 1.29 is 4.79 Å². The maximum absolute atomic E-state index is 12.4. The van der Waals surface area contributed by atoms with Gasteiger partial charge < -0.3 is 0 Å². The summed E-state index contributed by atoms with van der Waals surface area (Å²) < 4.78 is 0.784. The van der Waals surface area contributed by atoms with Crippen molar-refractivity contribution in [3.8, 4) is 0 Å². The number of pyridine rings is 1. The van der Waals surface area contributed by atoms with Crippen molar-refractivity contribution in [1.29, 1.82) is 0 Å². The van der Waals surface area contributed by atoms with Gasteiger partial charge in [0.1, 0.15) is 5.01 Å². The summed E-state index contributed by atoms with van der Waals surface area (Å²) >= 11 is 4.90. The van der Waals surface area contributed by atoms with Gasteiger partial charge in [0.25, 0.3) is 5.91 Å². The van der Waals surface area contributed by atoms with Crippen molar-refractivity contribution in [3.63, 3.8) is 0 Å². The van der Waals surface area contributed by atoms with Crippen LogP contribution in [0, 0.1) is 17.8 Å². The normalized spacial score (nSPS) is 32.8.